The maximum atomic E-state index is 12.0. The lowest BCUT2D eigenvalue weighted by Gasteiger charge is -2.16. The fourth-order valence-corrected chi connectivity index (χ4v) is 3.33. The maximum absolute atomic E-state index is 12.0. The minimum atomic E-state index is -1.06. The number of thiazole rings is 1. The molecule has 1 saturated carbocycles. The van der Waals surface area contributed by atoms with Crippen molar-refractivity contribution in [2.45, 2.75) is 45.1 Å². The average Bonchev–Trinajstić information content (AvgIpc) is 3.18. The van der Waals surface area contributed by atoms with Gasteiger partial charge in [-0.2, -0.15) is 0 Å². The maximum Gasteiger partial charge on any atom is 0.355 e. The second-order valence-corrected chi connectivity index (χ2v) is 6.63. The number of amides is 2. The van der Waals surface area contributed by atoms with Gasteiger partial charge in [-0.25, -0.2) is 9.78 Å². The lowest BCUT2D eigenvalue weighted by molar-refractivity contribution is -0.130. The minimum Gasteiger partial charge on any atom is -0.476 e. The zero-order valence-electron chi connectivity index (χ0n) is 13.0. The van der Waals surface area contributed by atoms with E-state index in [4.69, 9.17) is 5.11 Å². The first kappa shape index (κ1) is 17.4. The monoisotopic (exact) mass is 339 g/mol. The van der Waals surface area contributed by atoms with Gasteiger partial charge < -0.3 is 15.7 Å². The van der Waals surface area contributed by atoms with Crippen LogP contribution in [0.15, 0.2) is 5.38 Å². The number of rotatable bonds is 7. The molecule has 126 valence electrons. The van der Waals surface area contributed by atoms with Crippen LogP contribution >= 0.6 is 11.3 Å². The Hall–Kier alpha value is -1.96. The van der Waals surface area contributed by atoms with Crippen molar-refractivity contribution >= 4 is 29.1 Å². The Kier molecular flexibility index (Phi) is 6.09. The first-order valence-corrected chi connectivity index (χ1v) is 8.61. The molecule has 1 aromatic heterocycles. The molecule has 1 aliphatic carbocycles. The highest BCUT2D eigenvalue weighted by molar-refractivity contribution is 7.09. The number of carbonyl (C=O) groups is 3. The number of aromatic nitrogens is 1. The molecule has 0 aliphatic heterocycles. The molecule has 3 N–H and O–H groups in total. The highest BCUT2D eigenvalue weighted by Crippen LogP contribution is 2.24. The minimum absolute atomic E-state index is 0.0218. The molecule has 7 nitrogen and oxygen atoms in total. The normalized spacial score (nSPS) is 16.0. The summed E-state index contributed by atoms with van der Waals surface area (Å²) >= 11 is 1.25. The summed E-state index contributed by atoms with van der Waals surface area (Å²) in [5, 5.41) is 16.4. The van der Waals surface area contributed by atoms with E-state index < -0.39 is 12.0 Å². The second-order valence-electron chi connectivity index (χ2n) is 5.68. The van der Waals surface area contributed by atoms with Gasteiger partial charge in [0.05, 0.1) is 5.01 Å². The number of carbonyl (C=O) groups excluding carboxylic acids is 2. The van der Waals surface area contributed by atoms with Gasteiger partial charge in [0, 0.05) is 24.3 Å². The highest BCUT2D eigenvalue weighted by atomic mass is 32.1. The molecule has 0 aromatic carbocycles. The van der Waals surface area contributed by atoms with Crippen molar-refractivity contribution < 1.29 is 19.5 Å². The van der Waals surface area contributed by atoms with Crippen LogP contribution in [-0.2, 0) is 16.0 Å². The summed E-state index contributed by atoms with van der Waals surface area (Å²) in [4.78, 5) is 38.6. The molecular formula is C15H21N3O4S. The first-order chi connectivity index (χ1) is 11.0. The molecule has 1 heterocycles. The van der Waals surface area contributed by atoms with Crippen molar-refractivity contribution in [2.24, 2.45) is 5.92 Å². The van der Waals surface area contributed by atoms with E-state index in [9.17, 15) is 14.4 Å². The van der Waals surface area contributed by atoms with Gasteiger partial charge in [-0.05, 0) is 19.8 Å². The van der Waals surface area contributed by atoms with Crippen molar-refractivity contribution in [1.29, 1.82) is 0 Å². The van der Waals surface area contributed by atoms with E-state index in [0.29, 0.717) is 18.0 Å². The molecule has 1 unspecified atom stereocenters. The van der Waals surface area contributed by atoms with E-state index in [-0.39, 0.29) is 23.4 Å². The Morgan fingerprint density at radius 1 is 1.39 bits per heavy atom. The van der Waals surface area contributed by atoms with E-state index in [0.717, 1.165) is 25.7 Å². The quantitative estimate of drug-likeness (QED) is 0.691. The number of carboxylic acids is 1. The molecule has 2 rings (SSSR count). The fraction of sp³-hybridized carbons (Fsp3) is 0.600. The van der Waals surface area contributed by atoms with Crippen LogP contribution in [0.1, 0.15) is 48.1 Å². The van der Waals surface area contributed by atoms with E-state index >= 15 is 0 Å². The van der Waals surface area contributed by atoms with Crippen LogP contribution in [0.2, 0.25) is 0 Å². The number of nitrogens with zero attached hydrogens (tertiary/aromatic N) is 1. The zero-order valence-corrected chi connectivity index (χ0v) is 13.8. The fourth-order valence-electron chi connectivity index (χ4n) is 2.55. The van der Waals surface area contributed by atoms with Crippen LogP contribution < -0.4 is 10.6 Å². The van der Waals surface area contributed by atoms with Crippen LogP contribution in [0.5, 0.6) is 0 Å². The standard InChI is InChI=1S/C15H21N3O4S/c1-9(17-14(20)10-4-2-3-5-10)13(19)16-7-6-12-18-11(8-23-12)15(21)22/h8-10H,2-7H2,1H3,(H,16,19)(H,17,20)(H,21,22). The van der Waals surface area contributed by atoms with Gasteiger partial charge in [-0.15, -0.1) is 11.3 Å². The summed E-state index contributed by atoms with van der Waals surface area (Å²) in [6.45, 7) is 2.02. The largest absolute Gasteiger partial charge is 0.476 e. The third-order valence-electron chi connectivity index (χ3n) is 3.89. The highest BCUT2D eigenvalue weighted by Gasteiger charge is 2.25. The van der Waals surface area contributed by atoms with Crippen molar-refractivity contribution in [2.75, 3.05) is 6.54 Å². The Morgan fingerprint density at radius 2 is 2.09 bits per heavy atom. The number of hydrogen-bond acceptors (Lipinski definition) is 5. The summed E-state index contributed by atoms with van der Waals surface area (Å²) in [7, 11) is 0. The smallest absolute Gasteiger partial charge is 0.355 e. The van der Waals surface area contributed by atoms with Crippen LogP contribution in [0.4, 0.5) is 0 Å². The van der Waals surface area contributed by atoms with Gasteiger partial charge >= 0.3 is 5.97 Å². The molecule has 23 heavy (non-hydrogen) atoms. The van der Waals surface area contributed by atoms with Crippen LogP contribution in [0, 0.1) is 5.92 Å². The van der Waals surface area contributed by atoms with Gasteiger partial charge in [-0.3, -0.25) is 9.59 Å². The first-order valence-electron chi connectivity index (χ1n) is 7.73. The average molecular weight is 339 g/mol. The summed E-state index contributed by atoms with van der Waals surface area (Å²) in [5.74, 6) is -1.31. The number of nitrogens with one attached hydrogen (secondary N) is 2. The molecule has 1 atom stereocenters. The molecule has 0 radical (unpaired) electrons. The van der Waals surface area contributed by atoms with Gasteiger partial charge in [0.25, 0.3) is 0 Å². The van der Waals surface area contributed by atoms with Gasteiger partial charge in [-0.1, -0.05) is 12.8 Å². The predicted octanol–water partition coefficient (Wildman–Crippen LogP) is 1.19. The molecule has 1 fully saturated rings. The molecule has 1 aliphatic rings. The Labute approximate surface area is 138 Å². The number of carboxylic acid groups (broad SMARTS) is 1. The van der Waals surface area contributed by atoms with Crippen LogP contribution in [-0.4, -0.2) is 40.5 Å². The van der Waals surface area contributed by atoms with Crippen LogP contribution in [0.3, 0.4) is 0 Å². The molecule has 0 bridgehead atoms. The van der Waals surface area contributed by atoms with Gasteiger partial charge in [0.15, 0.2) is 5.69 Å². The second kappa shape index (κ2) is 8.05. The lowest BCUT2D eigenvalue weighted by Crippen LogP contribution is -2.46. The van der Waals surface area contributed by atoms with Crippen molar-refractivity contribution in [3.05, 3.63) is 16.1 Å². The Morgan fingerprint density at radius 3 is 2.70 bits per heavy atom. The van der Waals surface area contributed by atoms with E-state index in [2.05, 4.69) is 15.6 Å². The number of aromatic carboxylic acids is 1. The van der Waals surface area contributed by atoms with Crippen molar-refractivity contribution in [3.63, 3.8) is 0 Å². The number of hydrogen-bond donors (Lipinski definition) is 3. The third kappa shape index (κ3) is 5.02. The summed E-state index contributed by atoms with van der Waals surface area (Å²) in [6, 6.07) is -0.575. The van der Waals surface area contributed by atoms with E-state index in [1.54, 1.807) is 6.92 Å². The van der Waals surface area contributed by atoms with Gasteiger partial charge in [0.2, 0.25) is 11.8 Å². The summed E-state index contributed by atoms with van der Waals surface area (Å²) in [6.07, 6.45) is 4.41. The van der Waals surface area contributed by atoms with E-state index in [1.807, 2.05) is 0 Å². The molecule has 0 spiro atoms. The van der Waals surface area contributed by atoms with Crippen molar-refractivity contribution in [3.8, 4) is 0 Å². The molecule has 8 heteroatoms. The lowest BCUT2D eigenvalue weighted by atomic mass is 10.1. The third-order valence-corrected chi connectivity index (χ3v) is 4.80. The topological polar surface area (TPSA) is 108 Å². The molecule has 2 amide bonds. The summed E-state index contributed by atoms with van der Waals surface area (Å²) in [5.41, 5.74) is 0.0218. The molecule has 0 saturated heterocycles. The van der Waals surface area contributed by atoms with Gasteiger partial charge in [0.1, 0.15) is 6.04 Å². The Balaban J connectivity index is 1.70. The van der Waals surface area contributed by atoms with Crippen LogP contribution in [0.25, 0.3) is 0 Å². The summed E-state index contributed by atoms with van der Waals surface area (Å²) < 4.78 is 0. The molecule has 1 aromatic rings. The SMILES string of the molecule is CC(NC(=O)C1CCCC1)C(=O)NCCc1nc(C(=O)O)cs1. The zero-order chi connectivity index (χ0) is 16.8. The Bertz CT molecular complexity index is 581. The van der Waals surface area contributed by atoms with Crippen molar-refractivity contribution in [1.82, 2.24) is 15.6 Å². The molecular weight excluding hydrogens is 318 g/mol. The predicted molar refractivity (Wildman–Crippen MR) is 85.3 cm³/mol. The van der Waals surface area contributed by atoms with E-state index in [1.165, 1.54) is 16.7 Å².